The number of aryl methyl sites for hydroxylation is 1. The van der Waals surface area contributed by atoms with E-state index in [1.54, 1.807) is 13.1 Å². The Morgan fingerprint density at radius 1 is 1.39 bits per heavy atom. The van der Waals surface area contributed by atoms with Crippen LogP contribution >= 0.6 is 50.4 Å². The van der Waals surface area contributed by atoms with Crippen molar-refractivity contribution < 1.29 is 13.2 Å². The Kier molecular flexibility index (Phi) is 4.35. The van der Waals surface area contributed by atoms with Crippen LogP contribution in [-0.2, 0) is 11.9 Å². The minimum absolute atomic E-state index is 0.236. The first-order chi connectivity index (χ1) is 8.36. The highest BCUT2D eigenvalue weighted by molar-refractivity contribution is 9.11. The molecule has 2 heterocycles. The van der Waals surface area contributed by atoms with Crippen molar-refractivity contribution in [2.45, 2.75) is 23.2 Å². The second-order valence-corrected chi connectivity index (χ2v) is 8.14. The fraction of sp³-hybridized carbons (Fsp3) is 0.333. The molecule has 0 saturated heterocycles. The number of thioether (sulfide) groups is 1. The van der Waals surface area contributed by atoms with Crippen LogP contribution in [0.2, 0.25) is 0 Å². The molecule has 0 aliphatic rings. The molecule has 0 saturated carbocycles. The van der Waals surface area contributed by atoms with E-state index in [1.165, 1.54) is 23.1 Å². The fourth-order valence-corrected chi connectivity index (χ4v) is 4.85. The van der Waals surface area contributed by atoms with Crippen LogP contribution < -0.4 is 0 Å². The largest absolute Gasteiger partial charge is 0.434 e. The summed E-state index contributed by atoms with van der Waals surface area (Å²) in [7, 11) is 0. The van der Waals surface area contributed by atoms with Gasteiger partial charge in [-0.05, 0) is 22.9 Å². The zero-order valence-corrected chi connectivity index (χ0v) is 13.0. The van der Waals surface area contributed by atoms with E-state index in [1.807, 2.05) is 0 Å². The second kappa shape index (κ2) is 5.48. The standard InChI is InChI=1S/C9H6BrF3N2S3/c1-4-15-7(9(11,12)13)5(17-4)3-16-8-14-2-6(10)18-8/h2H,3H2,1H3. The summed E-state index contributed by atoms with van der Waals surface area (Å²) in [6.45, 7) is 1.58. The molecule has 0 radical (unpaired) electrons. The van der Waals surface area contributed by atoms with Crippen LogP contribution in [0.5, 0.6) is 0 Å². The summed E-state index contributed by atoms with van der Waals surface area (Å²) < 4.78 is 39.7. The molecule has 0 aliphatic heterocycles. The van der Waals surface area contributed by atoms with Gasteiger partial charge in [0.15, 0.2) is 10.0 Å². The van der Waals surface area contributed by atoms with Crippen molar-refractivity contribution in [3.63, 3.8) is 0 Å². The Labute approximate surface area is 122 Å². The maximum atomic E-state index is 12.7. The quantitative estimate of drug-likeness (QED) is 0.708. The number of halogens is 4. The molecule has 0 atom stereocenters. The lowest BCUT2D eigenvalue weighted by atomic mass is 10.4. The van der Waals surface area contributed by atoms with E-state index in [0.29, 0.717) is 5.01 Å². The molecule has 2 aromatic heterocycles. The lowest BCUT2D eigenvalue weighted by molar-refractivity contribution is -0.141. The molecule has 0 fully saturated rings. The second-order valence-electron chi connectivity index (χ2n) is 3.22. The number of rotatable bonds is 3. The highest BCUT2D eigenvalue weighted by Gasteiger charge is 2.36. The van der Waals surface area contributed by atoms with E-state index in [-0.39, 0.29) is 10.6 Å². The number of alkyl halides is 3. The zero-order chi connectivity index (χ0) is 13.3. The fourth-order valence-electron chi connectivity index (χ4n) is 1.22. The maximum absolute atomic E-state index is 12.7. The van der Waals surface area contributed by atoms with Gasteiger partial charge in [-0.3, -0.25) is 0 Å². The molecule has 0 spiro atoms. The smallest absolute Gasteiger partial charge is 0.237 e. The molecular weight excluding hydrogens is 369 g/mol. The van der Waals surface area contributed by atoms with E-state index < -0.39 is 11.9 Å². The van der Waals surface area contributed by atoms with Crippen LogP contribution in [0.3, 0.4) is 0 Å². The number of hydrogen-bond donors (Lipinski definition) is 0. The molecule has 0 aliphatic carbocycles. The molecule has 9 heteroatoms. The molecule has 2 aromatic rings. The van der Waals surface area contributed by atoms with E-state index in [2.05, 4.69) is 25.9 Å². The van der Waals surface area contributed by atoms with E-state index in [4.69, 9.17) is 0 Å². The molecule has 0 amide bonds. The predicted molar refractivity (Wildman–Crippen MR) is 71.2 cm³/mol. The number of aromatic nitrogens is 2. The van der Waals surface area contributed by atoms with Crippen molar-refractivity contribution >= 4 is 50.4 Å². The normalized spacial score (nSPS) is 12.1. The third kappa shape index (κ3) is 3.46. The van der Waals surface area contributed by atoms with E-state index >= 15 is 0 Å². The summed E-state index contributed by atoms with van der Waals surface area (Å²) in [6.07, 6.45) is -2.75. The first-order valence-electron chi connectivity index (χ1n) is 4.64. The highest BCUT2D eigenvalue weighted by atomic mass is 79.9. The van der Waals surface area contributed by atoms with Crippen LogP contribution in [0.15, 0.2) is 14.3 Å². The molecule has 0 bridgehead atoms. The summed E-state index contributed by atoms with van der Waals surface area (Å²) in [5, 5.41) is 0.429. The Hall–Kier alpha value is -0.120. The van der Waals surface area contributed by atoms with Gasteiger partial charge >= 0.3 is 6.18 Å². The topological polar surface area (TPSA) is 25.8 Å². The van der Waals surface area contributed by atoms with Gasteiger partial charge in [-0.1, -0.05) is 11.8 Å². The third-order valence-corrected chi connectivity index (χ3v) is 5.67. The monoisotopic (exact) mass is 374 g/mol. The van der Waals surface area contributed by atoms with Crippen molar-refractivity contribution in [1.29, 1.82) is 0 Å². The third-order valence-electron chi connectivity index (χ3n) is 1.86. The minimum atomic E-state index is -4.38. The Balaban J connectivity index is 2.14. The van der Waals surface area contributed by atoms with Crippen molar-refractivity contribution in [3.8, 4) is 0 Å². The Morgan fingerprint density at radius 2 is 2.11 bits per heavy atom. The van der Waals surface area contributed by atoms with Crippen molar-refractivity contribution in [2.24, 2.45) is 0 Å². The van der Waals surface area contributed by atoms with Gasteiger partial charge in [0, 0.05) is 10.6 Å². The first-order valence-corrected chi connectivity index (χ1v) is 8.05. The van der Waals surface area contributed by atoms with Crippen LogP contribution in [0.4, 0.5) is 13.2 Å². The summed E-state index contributed by atoms with van der Waals surface area (Å²) in [4.78, 5) is 7.87. The van der Waals surface area contributed by atoms with Gasteiger partial charge in [-0.2, -0.15) is 13.2 Å². The van der Waals surface area contributed by atoms with Gasteiger partial charge in [-0.25, -0.2) is 9.97 Å². The van der Waals surface area contributed by atoms with Crippen molar-refractivity contribution in [3.05, 3.63) is 25.6 Å². The molecule has 0 unspecified atom stereocenters. The maximum Gasteiger partial charge on any atom is 0.434 e. The SMILES string of the molecule is Cc1nc(C(F)(F)F)c(CSc2ncc(Br)s2)s1. The average Bonchev–Trinajstić information content (AvgIpc) is 2.81. The number of nitrogens with zero attached hydrogens (tertiary/aromatic N) is 2. The molecule has 2 nitrogen and oxygen atoms in total. The molecule has 18 heavy (non-hydrogen) atoms. The van der Waals surface area contributed by atoms with Crippen molar-refractivity contribution in [2.75, 3.05) is 0 Å². The highest BCUT2D eigenvalue weighted by Crippen LogP contribution is 2.38. The van der Waals surface area contributed by atoms with E-state index in [0.717, 1.165) is 19.5 Å². The van der Waals surface area contributed by atoms with Gasteiger partial charge in [0.2, 0.25) is 0 Å². The first kappa shape index (κ1) is 14.3. The molecule has 98 valence electrons. The van der Waals surface area contributed by atoms with Gasteiger partial charge in [0.05, 0.1) is 15.0 Å². The van der Waals surface area contributed by atoms with Gasteiger partial charge < -0.3 is 0 Å². The number of hydrogen-bond acceptors (Lipinski definition) is 5. The van der Waals surface area contributed by atoms with Crippen LogP contribution in [0, 0.1) is 6.92 Å². The van der Waals surface area contributed by atoms with Gasteiger partial charge in [-0.15, -0.1) is 22.7 Å². The molecule has 2 rings (SSSR count). The number of thiazole rings is 2. The lowest BCUT2D eigenvalue weighted by Crippen LogP contribution is -2.08. The summed E-state index contributed by atoms with van der Waals surface area (Å²) in [5.74, 6) is 0.236. The Bertz CT molecular complexity index is 549. The average molecular weight is 375 g/mol. The molecule has 0 aromatic carbocycles. The minimum Gasteiger partial charge on any atom is -0.237 e. The lowest BCUT2D eigenvalue weighted by Gasteiger charge is -2.04. The summed E-state index contributed by atoms with van der Waals surface area (Å²) >= 11 is 7.03. The van der Waals surface area contributed by atoms with E-state index in [9.17, 15) is 13.2 Å². The van der Waals surface area contributed by atoms with Crippen LogP contribution in [-0.4, -0.2) is 9.97 Å². The zero-order valence-electron chi connectivity index (χ0n) is 8.92. The van der Waals surface area contributed by atoms with Gasteiger partial charge in [0.1, 0.15) is 0 Å². The molecular formula is C9H6BrF3N2S3. The summed E-state index contributed by atoms with van der Waals surface area (Å²) in [5.41, 5.74) is -0.770. The van der Waals surface area contributed by atoms with Crippen molar-refractivity contribution in [1.82, 2.24) is 9.97 Å². The summed E-state index contributed by atoms with van der Waals surface area (Å²) in [6, 6.07) is 0. The molecule has 0 N–H and O–H groups in total. The van der Waals surface area contributed by atoms with Gasteiger partial charge in [0.25, 0.3) is 0 Å². The van der Waals surface area contributed by atoms with Crippen LogP contribution in [0.1, 0.15) is 15.6 Å². The predicted octanol–water partition coefficient (Wildman–Crippen LogP) is 4.98. The van der Waals surface area contributed by atoms with Crippen LogP contribution in [0.25, 0.3) is 0 Å². The Morgan fingerprint density at radius 3 is 2.67 bits per heavy atom.